The van der Waals surface area contributed by atoms with Crippen LogP contribution in [-0.4, -0.2) is 36.3 Å². The lowest BCUT2D eigenvalue weighted by Crippen LogP contribution is -2.42. The van der Waals surface area contributed by atoms with Crippen molar-refractivity contribution in [3.8, 4) is 0 Å². The van der Waals surface area contributed by atoms with E-state index in [0.29, 0.717) is 25.3 Å². The van der Waals surface area contributed by atoms with E-state index in [0.717, 1.165) is 16.7 Å². The Balaban J connectivity index is 1.58. The van der Waals surface area contributed by atoms with Crippen LogP contribution in [0.1, 0.15) is 46.0 Å². The molecule has 1 aliphatic heterocycles. The van der Waals surface area contributed by atoms with Crippen LogP contribution in [-0.2, 0) is 9.53 Å². The molecule has 0 aliphatic carbocycles. The molecule has 1 amide bonds. The first-order valence-electron chi connectivity index (χ1n) is 9.19. The molecule has 0 radical (unpaired) electrons. The number of aryl methyl sites for hydroxylation is 2. The Morgan fingerprint density at radius 1 is 1.11 bits per heavy atom. The molecule has 0 aromatic heterocycles. The molecule has 142 valence electrons. The van der Waals surface area contributed by atoms with Gasteiger partial charge in [-0.2, -0.15) is 0 Å². The van der Waals surface area contributed by atoms with Crippen molar-refractivity contribution in [1.82, 2.24) is 4.90 Å². The number of Topliss-reactive ketones (excluding diaryl/α,β-unsaturated/α-hetero) is 1. The number of morpholine rings is 1. The molecule has 2 aromatic carbocycles. The van der Waals surface area contributed by atoms with Gasteiger partial charge in [-0.15, -0.1) is 0 Å². The SMILES string of the molecule is Cc1ccc(C)c(C(=O)CCC(=O)N2CCOC(c3ccc(F)cc3)C2)c1. The minimum absolute atomic E-state index is 0.00658. The fourth-order valence-corrected chi connectivity index (χ4v) is 3.30. The molecular weight excluding hydrogens is 345 g/mol. The molecule has 0 spiro atoms. The summed E-state index contributed by atoms with van der Waals surface area (Å²) in [5.74, 6) is -0.357. The molecule has 2 aromatic rings. The molecule has 0 N–H and O–H groups in total. The number of nitrogens with zero attached hydrogens (tertiary/aromatic N) is 1. The van der Waals surface area contributed by atoms with Crippen LogP contribution in [0.3, 0.4) is 0 Å². The number of carbonyl (C=O) groups excluding carboxylic acids is 2. The first kappa shape index (κ1) is 19.2. The van der Waals surface area contributed by atoms with E-state index in [1.807, 2.05) is 32.0 Å². The highest BCUT2D eigenvalue weighted by atomic mass is 19.1. The predicted octanol–water partition coefficient (Wildman–Crippen LogP) is 4.01. The van der Waals surface area contributed by atoms with Gasteiger partial charge >= 0.3 is 0 Å². The molecule has 4 nitrogen and oxygen atoms in total. The van der Waals surface area contributed by atoms with Crippen molar-refractivity contribution in [3.05, 3.63) is 70.5 Å². The van der Waals surface area contributed by atoms with Gasteiger partial charge in [-0.3, -0.25) is 9.59 Å². The Morgan fingerprint density at radius 3 is 2.59 bits per heavy atom. The van der Waals surface area contributed by atoms with Crippen LogP contribution in [0.15, 0.2) is 42.5 Å². The Kier molecular flexibility index (Phi) is 6.01. The molecule has 1 saturated heterocycles. The maximum absolute atomic E-state index is 13.1. The van der Waals surface area contributed by atoms with E-state index in [-0.39, 0.29) is 36.5 Å². The van der Waals surface area contributed by atoms with Crippen molar-refractivity contribution < 1.29 is 18.7 Å². The zero-order valence-corrected chi connectivity index (χ0v) is 15.7. The highest BCUT2D eigenvalue weighted by Crippen LogP contribution is 2.23. The summed E-state index contributed by atoms with van der Waals surface area (Å²) in [6.07, 6.45) is 0.113. The van der Waals surface area contributed by atoms with E-state index in [9.17, 15) is 14.0 Å². The minimum atomic E-state index is -0.299. The number of rotatable bonds is 5. The van der Waals surface area contributed by atoms with Gasteiger partial charge < -0.3 is 9.64 Å². The quantitative estimate of drug-likeness (QED) is 0.748. The number of ether oxygens (including phenoxy) is 1. The summed E-state index contributed by atoms with van der Waals surface area (Å²) in [7, 11) is 0. The minimum Gasteiger partial charge on any atom is -0.370 e. The van der Waals surface area contributed by atoms with Gasteiger partial charge in [-0.1, -0.05) is 29.8 Å². The van der Waals surface area contributed by atoms with Crippen molar-refractivity contribution >= 4 is 11.7 Å². The van der Waals surface area contributed by atoms with E-state index in [1.165, 1.54) is 12.1 Å². The summed E-state index contributed by atoms with van der Waals surface area (Å²) >= 11 is 0. The van der Waals surface area contributed by atoms with Crippen LogP contribution >= 0.6 is 0 Å². The van der Waals surface area contributed by atoms with Crippen molar-refractivity contribution in [2.24, 2.45) is 0 Å². The van der Waals surface area contributed by atoms with E-state index in [1.54, 1.807) is 17.0 Å². The molecule has 27 heavy (non-hydrogen) atoms. The fraction of sp³-hybridized carbons (Fsp3) is 0.364. The highest BCUT2D eigenvalue weighted by molar-refractivity contribution is 5.99. The van der Waals surface area contributed by atoms with Gasteiger partial charge in [0, 0.05) is 24.9 Å². The summed E-state index contributed by atoms with van der Waals surface area (Å²) in [6, 6.07) is 11.9. The van der Waals surface area contributed by atoms with Gasteiger partial charge in [0.1, 0.15) is 11.9 Å². The number of carbonyl (C=O) groups is 2. The molecule has 0 saturated carbocycles. The summed E-state index contributed by atoms with van der Waals surface area (Å²) in [5.41, 5.74) is 3.50. The summed E-state index contributed by atoms with van der Waals surface area (Å²) in [4.78, 5) is 26.8. The maximum Gasteiger partial charge on any atom is 0.223 e. The van der Waals surface area contributed by atoms with Gasteiger partial charge in [0.15, 0.2) is 5.78 Å². The third-order valence-electron chi connectivity index (χ3n) is 4.92. The van der Waals surface area contributed by atoms with E-state index in [4.69, 9.17) is 4.74 Å². The highest BCUT2D eigenvalue weighted by Gasteiger charge is 2.25. The van der Waals surface area contributed by atoms with Crippen LogP contribution in [0.5, 0.6) is 0 Å². The van der Waals surface area contributed by atoms with E-state index in [2.05, 4.69) is 0 Å². The Labute approximate surface area is 158 Å². The monoisotopic (exact) mass is 369 g/mol. The topological polar surface area (TPSA) is 46.6 Å². The van der Waals surface area contributed by atoms with Gasteiger partial charge in [-0.05, 0) is 43.2 Å². The lowest BCUT2D eigenvalue weighted by Gasteiger charge is -2.33. The van der Waals surface area contributed by atoms with Crippen molar-refractivity contribution in [2.75, 3.05) is 19.7 Å². The molecule has 5 heteroatoms. The molecule has 0 bridgehead atoms. The van der Waals surface area contributed by atoms with Crippen molar-refractivity contribution in [3.63, 3.8) is 0 Å². The van der Waals surface area contributed by atoms with Gasteiger partial charge in [0.25, 0.3) is 0 Å². The average molecular weight is 369 g/mol. The van der Waals surface area contributed by atoms with E-state index < -0.39 is 0 Å². The van der Waals surface area contributed by atoms with Gasteiger partial charge in [-0.25, -0.2) is 4.39 Å². The second-order valence-electron chi connectivity index (χ2n) is 6.99. The van der Waals surface area contributed by atoms with Crippen molar-refractivity contribution in [2.45, 2.75) is 32.8 Å². The molecule has 1 aliphatic rings. The van der Waals surface area contributed by atoms with Gasteiger partial charge in [0.2, 0.25) is 5.91 Å². The smallest absolute Gasteiger partial charge is 0.223 e. The second-order valence-corrected chi connectivity index (χ2v) is 6.99. The Morgan fingerprint density at radius 2 is 1.85 bits per heavy atom. The largest absolute Gasteiger partial charge is 0.370 e. The average Bonchev–Trinajstić information content (AvgIpc) is 2.68. The number of hydrogen-bond donors (Lipinski definition) is 0. The maximum atomic E-state index is 13.1. The van der Waals surface area contributed by atoms with Gasteiger partial charge in [0.05, 0.1) is 13.2 Å². The summed E-state index contributed by atoms with van der Waals surface area (Å²) in [5, 5.41) is 0. The first-order chi connectivity index (χ1) is 12.9. The number of amides is 1. The van der Waals surface area contributed by atoms with Crippen LogP contribution in [0, 0.1) is 19.7 Å². The van der Waals surface area contributed by atoms with Crippen LogP contribution in [0.25, 0.3) is 0 Å². The number of hydrogen-bond acceptors (Lipinski definition) is 3. The molecule has 1 heterocycles. The molecule has 1 atom stereocenters. The lowest BCUT2D eigenvalue weighted by molar-refractivity contribution is -0.139. The second kappa shape index (κ2) is 8.44. The first-order valence-corrected chi connectivity index (χ1v) is 9.19. The lowest BCUT2D eigenvalue weighted by atomic mass is 9.99. The molecule has 1 fully saturated rings. The van der Waals surface area contributed by atoms with Crippen LogP contribution in [0.4, 0.5) is 4.39 Å². The van der Waals surface area contributed by atoms with Crippen LogP contribution in [0.2, 0.25) is 0 Å². The van der Waals surface area contributed by atoms with Crippen molar-refractivity contribution in [1.29, 1.82) is 0 Å². The summed E-state index contributed by atoms with van der Waals surface area (Å²) < 4.78 is 18.8. The van der Waals surface area contributed by atoms with E-state index >= 15 is 0 Å². The number of halogens is 1. The molecule has 1 unspecified atom stereocenters. The predicted molar refractivity (Wildman–Crippen MR) is 101 cm³/mol. The zero-order chi connectivity index (χ0) is 19.4. The fourth-order valence-electron chi connectivity index (χ4n) is 3.30. The Hall–Kier alpha value is -2.53. The molecular formula is C22H24FNO3. The molecule has 3 rings (SSSR count). The van der Waals surface area contributed by atoms with Crippen LogP contribution < -0.4 is 0 Å². The normalized spacial score (nSPS) is 17.0. The third kappa shape index (κ3) is 4.80. The summed E-state index contributed by atoms with van der Waals surface area (Å²) in [6.45, 7) is 5.21. The standard InChI is InChI=1S/C22H24FNO3/c1-15-3-4-16(2)19(13-15)20(25)9-10-22(26)24-11-12-27-21(14-24)17-5-7-18(23)8-6-17/h3-8,13,21H,9-12,14H2,1-2H3. The zero-order valence-electron chi connectivity index (χ0n) is 15.7. The number of benzene rings is 2. The number of ketones is 1. The third-order valence-corrected chi connectivity index (χ3v) is 4.92. The Bertz CT molecular complexity index is 832.